The van der Waals surface area contributed by atoms with Crippen molar-refractivity contribution in [1.29, 1.82) is 0 Å². The first-order valence-corrected chi connectivity index (χ1v) is 6.36. The Kier molecular flexibility index (Phi) is 3.90. The molecule has 0 aliphatic carbocycles. The molecular weight excluding hydrogens is 268 g/mol. The summed E-state index contributed by atoms with van der Waals surface area (Å²) in [7, 11) is 0. The number of rotatable bonds is 4. The Balaban J connectivity index is 2.37. The van der Waals surface area contributed by atoms with Gasteiger partial charge in [0, 0.05) is 25.5 Å². The molecule has 0 fully saturated rings. The van der Waals surface area contributed by atoms with Crippen LogP contribution in [-0.4, -0.2) is 19.1 Å². The maximum atomic E-state index is 12.2. The zero-order valence-corrected chi connectivity index (χ0v) is 11.5. The lowest BCUT2D eigenvalue weighted by Crippen LogP contribution is -2.38. The van der Waals surface area contributed by atoms with E-state index in [0.29, 0.717) is 12.1 Å². The van der Waals surface area contributed by atoms with Crippen LogP contribution in [0.1, 0.15) is 25.3 Å². The molecule has 0 bridgehead atoms. The molecule has 0 atom stereocenters. The molecule has 19 heavy (non-hydrogen) atoms. The van der Waals surface area contributed by atoms with Crippen molar-refractivity contribution in [2.45, 2.75) is 32.9 Å². The molecule has 2 heterocycles. The molecule has 7 heteroatoms. The Bertz CT molecular complexity index is 670. The molecule has 2 aromatic heterocycles. The van der Waals surface area contributed by atoms with Gasteiger partial charge in [0.1, 0.15) is 5.15 Å². The molecule has 1 N–H and O–H groups in total. The fraction of sp³-hybridized carbons (Fsp3) is 0.417. The van der Waals surface area contributed by atoms with Crippen LogP contribution in [0.2, 0.25) is 5.15 Å². The average molecular weight is 283 g/mol. The molecule has 6 nitrogen and oxygen atoms in total. The van der Waals surface area contributed by atoms with Gasteiger partial charge in [-0.15, -0.1) is 0 Å². The summed E-state index contributed by atoms with van der Waals surface area (Å²) in [5.41, 5.74) is -0.379. The van der Waals surface area contributed by atoms with E-state index in [9.17, 15) is 9.59 Å². The second kappa shape index (κ2) is 5.44. The minimum Gasteiger partial charge on any atom is -0.336 e. The lowest BCUT2D eigenvalue weighted by molar-refractivity contribution is 0.536. The van der Waals surface area contributed by atoms with Crippen LogP contribution in [0.3, 0.4) is 0 Å². The van der Waals surface area contributed by atoms with E-state index in [-0.39, 0.29) is 23.2 Å². The third-order valence-electron chi connectivity index (χ3n) is 2.89. The predicted octanol–water partition coefficient (Wildman–Crippen LogP) is 1.21. The minimum atomic E-state index is -0.487. The average Bonchev–Trinajstić information content (AvgIpc) is 2.80. The molecule has 0 saturated carbocycles. The number of nitrogens with zero attached hydrogens (tertiary/aromatic N) is 3. The van der Waals surface area contributed by atoms with Crippen LogP contribution in [0.25, 0.3) is 0 Å². The molecule has 0 unspecified atom stereocenters. The second-order valence-corrected chi connectivity index (χ2v) is 4.95. The molecule has 0 aromatic carbocycles. The summed E-state index contributed by atoms with van der Waals surface area (Å²) in [6.45, 7) is 4.51. The summed E-state index contributed by atoms with van der Waals surface area (Å²) in [5.74, 6) is -0.0451. The van der Waals surface area contributed by atoms with E-state index in [2.05, 4.69) is 9.97 Å². The topological polar surface area (TPSA) is 72.7 Å². The molecule has 0 amide bonds. The summed E-state index contributed by atoms with van der Waals surface area (Å²) >= 11 is 5.92. The molecule has 0 aliphatic rings. The highest BCUT2D eigenvalue weighted by molar-refractivity contribution is 6.30. The number of imidazole rings is 1. The van der Waals surface area contributed by atoms with Crippen LogP contribution in [-0.2, 0) is 13.1 Å². The summed E-state index contributed by atoms with van der Waals surface area (Å²) in [6, 6.07) is 0. The summed E-state index contributed by atoms with van der Waals surface area (Å²) < 4.78 is 2.97. The molecule has 0 saturated heterocycles. The number of nitrogens with one attached hydrogen (secondary N) is 1. The number of aromatic nitrogens is 4. The van der Waals surface area contributed by atoms with Gasteiger partial charge in [0.05, 0.1) is 11.9 Å². The zero-order valence-electron chi connectivity index (χ0n) is 10.8. The quantitative estimate of drug-likeness (QED) is 0.857. The molecule has 2 rings (SSSR count). The highest BCUT2D eigenvalue weighted by Gasteiger charge is 2.15. The van der Waals surface area contributed by atoms with Gasteiger partial charge in [-0.05, 0) is 5.92 Å². The van der Waals surface area contributed by atoms with Gasteiger partial charge in [-0.2, -0.15) is 0 Å². The van der Waals surface area contributed by atoms with Crippen molar-refractivity contribution in [2.75, 3.05) is 0 Å². The van der Waals surface area contributed by atoms with E-state index in [1.54, 1.807) is 23.3 Å². The van der Waals surface area contributed by atoms with Crippen molar-refractivity contribution >= 4 is 11.6 Å². The van der Waals surface area contributed by atoms with Gasteiger partial charge in [0.25, 0.3) is 5.56 Å². The van der Waals surface area contributed by atoms with E-state index < -0.39 is 5.69 Å². The highest BCUT2D eigenvalue weighted by atomic mass is 35.5. The van der Waals surface area contributed by atoms with E-state index in [1.165, 1.54) is 4.57 Å². The van der Waals surface area contributed by atoms with Crippen molar-refractivity contribution in [2.24, 2.45) is 0 Å². The predicted molar refractivity (Wildman–Crippen MR) is 72.6 cm³/mol. The van der Waals surface area contributed by atoms with Gasteiger partial charge in [-0.1, -0.05) is 25.4 Å². The van der Waals surface area contributed by atoms with Crippen LogP contribution in [0.5, 0.6) is 0 Å². The smallest absolute Gasteiger partial charge is 0.329 e. The fourth-order valence-corrected chi connectivity index (χ4v) is 2.28. The number of aromatic amines is 1. The normalized spacial score (nSPS) is 11.2. The number of aryl methyl sites for hydroxylation is 1. The Morgan fingerprint density at radius 2 is 2.11 bits per heavy atom. The molecule has 2 aromatic rings. The molecule has 0 radical (unpaired) electrons. The Hall–Kier alpha value is -1.82. The van der Waals surface area contributed by atoms with Crippen molar-refractivity contribution in [3.8, 4) is 0 Å². The SMILES string of the molecule is CC(C)c1c(Cl)[nH]c(=O)n(CCn2ccnc2)c1=O. The lowest BCUT2D eigenvalue weighted by Gasteiger charge is -2.11. The summed E-state index contributed by atoms with van der Waals surface area (Å²) in [6.07, 6.45) is 5.06. The largest absolute Gasteiger partial charge is 0.336 e. The summed E-state index contributed by atoms with van der Waals surface area (Å²) in [5, 5.41) is 0.129. The van der Waals surface area contributed by atoms with Crippen molar-refractivity contribution in [3.63, 3.8) is 0 Å². The van der Waals surface area contributed by atoms with Crippen LogP contribution >= 0.6 is 11.6 Å². The molecule has 0 aliphatic heterocycles. The number of hydrogen-bond donors (Lipinski definition) is 1. The van der Waals surface area contributed by atoms with Crippen molar-refractivity contribution in [3.05, 3.63) is 50.3 Å². The van der Waals surface area contributed by atoms with Gasteiger partial charge < -0.3 is 4.57 Å². The van der Waals surface area contributed by atoms with E-state index in [4.69, 9.17) is 11.6 Å². The Morgan fingerprint density at radius 3 is 2.68 bits per heavy atom. The number of H-pyrrole nitrogens is 1. The van der Waals surface area contributed by atoms with Gasteiger partial charge in [-0.25, -0.2) is 9.78 Å². The van der Waals surface area contributed by atoms with Crippen LogP contribution in [0.15, 0.2) is 28.3 Å². The first kappa shape index (κ1) is 13.6. The maximum Gasteiger partial charge on any atom is 0.329 e. The lowest BCUT2D eigenvalue weighted by atomic mass is 10.1. The van der Waals surface area contributed by atoms with Crippen molar-refractivity contribution < 1.29 is 0 Å². The molecule has 102 valence electrons. The molecular formula is C12H15ClN4O2. The second-order valence-electron chi connectivity index (χ2n) is 4.57. The first-order chi connectivity index (χ1) is 9.00. The maximum absolute atomic E-state index is 12.2. The number of halogens is 1. The van der Waals surface area contributed by atoms with Gasteiger partial charge in [0.2, 0.25) is 0 Å². The minimum absolute atomic E-state index is 0.0451. The highest BCUT2D eigenvalue weighted by Crippen LogP contribution is 2.16. The van der Waals surface area contributed by atoms with Crippen LogP contribution < -0.4 is 11.2 Å². The van der Waals surface area contributed by atoms with E-state index in [0.717, 1.165) is 0 Å². The van der Waals surface area contributed by atoms with Gasteiger partial charge >= 0.3 is 5.69 Å². The zero-order chi connectivity index (χ0) is 14.0. The Morgan fingerprint density at radius 1 is 1.37 bits per heavy atom. The Labute approximate surface area is 114 Å². The third-order valence-corrected chi connectivity index (χ3v) is 3.19. The van der Waals surface area contributed by atoms with Crippen LogP contribution in [0.4, 0.5) is 0 Å². The molecule has 0 spiro atoms. The first-order valence-electron chi connectivity index (χ1n) is 5.99. The standard InChI is InChI=1S/C12H15ClN4O2/c1-8(2)9-10(13)15-12(19)17(11(9)18)6-5-16-4-3-14-7-16/h3-4,7-8H,5-6H2,1-2H3,(H,15,19). The fourth-order valence-electron chi connectivity index (χ4n) is 1.90. The monoisotopic (exact) mass is 282 g/mol. The summed E-state index contributed by atoms with van der Waals surface area (Å²) in [4.78, 5) is 30.5. The van der Waals surface area contributed by atoms with E-state index >= 15 is 0 Å². The third kappa shape index (κ3) is 2.78. The van der Waals surface area contributed by atoms with Crippen molar-refractivity contribution in [1.82, 2.24) is 19.1 Å². The number of hydrogen-bond acceptors (Lipinski definition) is 3. The van der Waals surface area contributed by atoms with E-state index in [1.807, 2.05) is 13.8 Å². The van der Waals surface area contributed by atoms with Gasteiger partial charge in [0.15, 0.2) is 0 Å². The van der Waals surface area contributed by atoms with Crippen LogP contribution in [0, 0.1) is 0 Å². The van der Waals surface area contributed by atoms with Gasteiger partial charge in [-0.3, -0.25) is 14.3 Å².